The van der Waals surface area contributed by atoms with Crippen molar-refractivity contribution >= 4 is 5.96 Å². The molecule has 0 spiro atoms. The average molecular weight is 249 g/mol. The van der Waals surface area contributed by atoms with Crippen LogP contribution in [-0.2, 0) is 6.54 Å². The Balaban J connectivity index is 1.84. The molecule has 1 aliphatic rings. The summed E-state index contributed by atoms with van der Waals surface area (Å²) in [6.07, 6.45) is 6.16. The molecule has 1 aromatic rings. The van der Waals surface area contributed by atoms with Crippen molar-refractivity contribution in [3.63, 3.8) is 0 Å². The van der Waals surface area contributed by atoms with Crippen molar-refractivity contribution in [1.29, 1.82) is 0 Å². The van der Waals surface area contributed by atoms with E-state index >= 15 is 0 Å². The van der Waals surface area contributed by atoms with Gasteiger partial charge < -0.3 is 11.1 Å². The van der Waals surface area contributed by atoms with Crippen LogP contribution in [0.1, 0.15) is 37.7 Å². The van der Waals surface area contributed by atoms with Crippen LogP contribution in [0.15, 0.2) is 29.3 Å². The molecular formula is C14H20FN3. The summed E-state index contributed by atoms with van der Waals surface area (Å²) in [5, 5.41) is 3.24. The summed E-state index contributed by atoms with van der Waals surface area (Å²) in [6, 6.07) is 6.90. The fraction of sp³-hybridized carbons (Fsp3) is 0.500. The van der Waals surface area contributed by atoms with Crippen molar-refractivity contribution in [2.45, 2.75) is 44.7 Å². The van der Waals surface area contributed by atoms with Crippen LogP contribution in [0.3, 0.4) is 0 Å². The first-order valence-corrected chi connectivity index (χ1v) is 6.55. The second-order valence-electron chi connectivity index (χ2n) is 4.81. The summed E-state index contributed by atoms with van der Waals surface area (Å²) >= 11 is 0. The third kappa shape index (κ3) is 4.02. The fourth-order valence-electron chi connectivity index (χ4n) is 2.31. The molecule has 1 saturated carbocycles. The summed E-state index contributed by atoms with van der Waals surface area (Å²) in [7, 11) is 0. The first-order chi connectivity index (χ1) is 8.74. The zero-order valence-electron chi connectivity index (χ0n) is 10.5. The number of hydrogen-bond donors (Lipinski definition) is 2. The van der Waals surface area contributed by atoms with Crippen LogP contribution in [0.2, 0.25) is 0 Å². The molecule has 1 fully saturated rings. The molecule has 3 N–H and O–H groups in total. The van der Waals surface area contributed by atoms with Gasteiger partial charge in [-0.1, -0.05) is 31.4 Å². The quantitative estimate of drug-likeness (QED) is 0.639. The van der Waals surface area contributed by atoms with E-state index in [4.69, 9.17) is 5.73 Å². The average Bonchev–Trinajstić information content (AvgIpc) is 2.38. The molecule has 18 heavy (non-hydrogen) atoms. The van der Waals surface area contributed by atoms with Gasteiger partial charge in [0.05, 0.1) is 6.54 Å². The largest absolute Gasteiger partial charge is 0.370 e. The van der Waals surface area contributed by atoms with Crippen molar-refractivity contribution in [1.82, 2.24) is 5.32 Å². The first-order valence-electron chi connectivity index (χ1n) is 6.55. The third-order valence-electron chi connectivity index (χ3n) is 3.28. The fourth-order valence-corrected chi connectivity index (χ4v) is 2.31. The molecular weight excluding hydrogens is 229 g/mol. The van der Waals surface area contributed by atoms with Gasteiger partial charge in [0.2, 0.25) is 0 Å². The number of aliphatic imine (C=N–C) groups is 1. The Morgan fingerprint density at radius 2 is 2.11 bits per heavy atom. The Morgan fingerprint density at radius 3 is 2.83 bits per heavy atom. The lowest BCUT2D eigenvalue weighted by Crippen LogP contribution is -2.41. The highest BCUT2D eigenvalue weighted by Gasteiger charge is 2.13. The normalized spacial score (nSPS) is 17.7. The molecule has 0 unspecified atom stereocenters. The van der Waals surface area contributed by atoms with Gasteiger partial charge in [-0.15, -0.1) is 0 Å². The Kier molecular flexibility index (Phi) is 4.56. The SMILES string of the molecule is NC(=NCc1cccc(F)c1)NC1CCCCC1. The van der Waals surface area contributed by atoms with Crippen LogP contribution < -0.4 is 11.1 Å². The number of nitrogens with two attached hydrogens (primary N) is 1. The maximum absolute atomic E-state index is 13.0. The van der Waals surface area contributed by atoms with Gasteiger partial charge in [-0.05, 0) is 30.5 Å². The monoisotopic (exact) mass is 249 g/mol. The highest BCUT2D eigenvalue weighted by molar-refractivity contribution is 5.78. The van der Waals surface area contributed by atoms with Gasteiger partial charge in [0.1, 0.15) is 5.82 Å². The predicted octanol–water partition coefficient (Wildman–Crippen LogP) is 2.56. The number of nitrogens with zero attached hydrogens (tertiary/aromatic N) is 1. The van der Waals surface area contributed by atoms with E-state index in [0.29, 0.717) is 18.5 Å². The predicted molar refractivity (Wildman–Crippen MR) is 71.7 cm³/mol. The van der Waals surface area contributed by atoms with E-state index < -0.39 is 0 Å². The molecule has 98 valence electrons. The van der Waals surface area contributed by atoms with E-state index in [9.17, 15) is 4.39 Å². The summed E-state index contributed by atoms with van der Waals surface area (Å²) in [5.41, 5.74) is 6.67. The number of guanidine groups is 1. The maximum Gasteiger partial charge on any atom is 0.189 e. The van der Waals surface area contributed by atoms with Crippen LogP contribution in [0.25, 0.3) is 0 Å². The summed E-state index contributed by atoms with van der Waals surface area (Å²) in [5.74, 6) is 0.229. The second kappa shape index (κ2) is 6.38. The molecule has 0 heterocycles. The Labute approximate surface area is 107 Å². The molecule has 0 aliphatic heterocycles. The van der Waals surface area contributed by atoms with Gasteiger partial charge in [-0.3, -0.25) is 0 Å². The van der Waals surface area contributed by atoms with Gasteiger partial charge in [-0.2, -0.15) is 0 Å². The van der Waals surface area contributed by atoms with Gasteiger partial charge in [0, 0.05) is 6.04 Å². The topological polar surface area (TPSA) is 50.4 Å². The lowest BCUT2D eigenvalue weighted by molar-refractivity contribution is 0.412. The van der Waals surface area contributed by atoms with Crippen molar-refractivity contribution in [2.75, 3.05) is 0 Å². The lowest BCUT2D eigenvalue weighted by Gasteiger charge is -2.23. The second-order valence-corrected chi connectivity index (χ2v) is 4.81. The first kappa shape index (κ1) is 12.9. The number of benzene rings is 1. The van der Waals surface area contributed by atoms with Crippen LogP contribution in [0.5, 0.6) is 0 Å². The van der Waals surface area contributed by atoms with Crippen molar-refractivity contribution in [3.8, 4) is 0 Å². The Hall–Kier alpha value is -1.58. The van der Waals surface area contributed by atoms with E-state index in [1.807, 2.05) is 6.07 Å². The standard InChI is InChI=1S/C14H20FN3/c15-12-6-4-5-11(9-12)10-17-14(16)18-13-7-2-1-3-8-13/h4-6,9,13H,1-3,7-8,10H2,(H3,16,17,18). The Morgan fingerprint density at radius 1 is 1.33 bits per heavy atom. The minimum atomic E-state index is -0.235. The summed E-state index contributed by atoms with van der Waals surface area (Å²) < 4.78 is 13.0. The number of hydrogen-bond acceptors (Lipinski definition) is 1. The zero-order valence-corrected chi connectivity index (χ0v) is 10.5. The van der Waals surface area contributed by atoms with Gasteiger partial charge in [-0.25, -0.2) is 9.38 Å². The van der Waals surface area contributed by atoms with Crippen molar-refractivity contribution in [3.05, 3.63) is 35.6 Å². The molecule has 0 amide bonds. The molecule has 0 radical (unpaired) electrons. The van der Waals surface area contributed by atoms with Gasteiger partial charge in [0.15, 0.2) is 5.96 Å². The molecule has 1 aromatic carbocycles. The van der Waals surface area contributed by atoms with Crippen LogP contribution in [0.4, 0.5) is 4.39 Å². The van der Waals surface area contributed by atoms with E-state index in [1.165, 1.54) is 31.4 Å². The van der Waals surface area contributed by atoms with Crippen LogP contribution >= 0.6 is 0 Å². The van der Waals surface area contributed by atoms with Gasteiger partial charge in [0.25, 0.3) is 0 Å². The van der Waals surface area contributed by atoms with Crippen molar-refractivity contribution < 1.29 is 4.39 Å². The molecule has 3 nitrogen and oxygen atoms in total. The van der Waals surface area contributed by atoms with Gasteiger partial charge >= 0.3 is 0 Å². The number of halogens is 1. The molecule has 0 aromatic heterocycles. The minimum Gasteiger partial charge on any atom is -0.370 e. The smallest absolute Gasteiger partial charge is 0.189 e. The molecule has 1 aliphatic carbocycles. The summed E-state index contributed by atoms with van der Waals surface area (Å²) in [6.45, 7) is 0.420. The van der Waals surface area contributed by atoms with Crippen molar-refractivity contribution in [2.24, 2.45) is 10.7 Å². The third-order valence-corrected chi connectivity index (χ3v) is 3.28. The Bertz CT molecular complexity index is 411. The number of nitrogens with one attached hydrogen (secondary N) is 1. The van der Waals surface area contributed by atoms with E-state index in [2.05, 4.69) is 10.3 Å². The highest BCUT2D eigenvalue weighted by Crippen LogP contribution is 2.17. The maximum atomic E-state index is 13.0. The molecule has 0 atom stereocenters. The molecule has 0 bridgehead atoms. The highest BCUT2D eigenvalue weighted by atomic mass is 19.1. The van der Waals surface area contributed by atoms with Crippen LogP contribution in [0, 0.1) is 5.82 Å². The zero-order chi connectivity index (χ0) is 12.8. The summed E-state index contributed by atoms with van der Waals surface area (Å²) in [4.78, 5) is 4.25. The molecule has 2 rings (SSSR count). The van der Waals surface area contributed by atoms with E-state index in [1.54, 1.807) is 6.07 Å². The van der Waals surface area contributed by atoms with E-state index in [0.717, 1.165) is 18.4 Å². The molecule has 4 heteroatoms. The lowest BCUT2D eigenvalue weighted by atomic mass is 9.96. The molecule has 0 saturated heterocycles. The minimum absolute atomic E-state index is 0.235. The van der Waals surface area contributed by atoms with E-state index in [-0.39, 0.29) is 5.82 Å². The number of rotatable bonds is 3. The van der Waals surface area contributed by atoms with Crippen LogP contribution in [-0.4, -0.2) is 12.0 Å².